The van der Waals surface area contributed by atoms with Gasteiger partial charge in [0.25, 0.3) is 0 Å². The van der Waals surface area contributed by atoms with E-state index >= 15 is 0 Å². The van der Waals surface area contributed by atoms with Gasteiger partial charge in [-0.05, 0) is 12.1 Å². The summed E-state index contributed by atoms with van der Waals surface area (Å²) in [5.74, 6) is 0.793. The average molecular weight is 274 g/mol. The number of aromatic nitrogens is 2. The van der Waals surface area contributed by atoms with Crippen molar-refractivity contribution in [2.75, 3.05) is 36.0 Å². The van der Waals surface area contributed by atoms with E-state index in [4.69, 9.17) is 0 Å². The average Bonchev–Trinajstić information content (AvgIpc) is 2.97. The van der Waals surface area contributed by atoms with Gasteiger partial charge in [-0.1, -0.05) is 0 Å². The smallest absolute Gasteiger partial charge is 0.225 e. The quantitative estimate of drug-likeness (QED) is 0.797. The molecule has 0 aromatic carbocycles. The lowest BCUT2D eigenvalue weighted by atomic mass is 10.3. The van der Waals surface area contributed by atoms with Crippen LogP contribution in [0.15, 0.2) is 29.9 Å². The van der Waals surface area contributed by atoms with Crippen molar-refractivity contribution in [1.29, 1.82) is 0 Å². The zero-order valence-corrected chi connectivity index (χ0v) is 11.2. The van der Waals surface area contributed by atoms with Crippen LogP contribution in [0, 0.1) is 0 Å². The monoisotopic (exact) mass is 274 g/mol. The van der Waals surface area contributed by atoms with Crippen molar-refractivity contribution >= 4 is 29.3 Å². The van der Waals surface area contributed by atoms with E-state index in [-0.39, 0.29) is 0 Å². The predicted octanol–water partition coefficient (Wildman–Crippen LogP) is 1.68. The summed E-state index contributed by atoms with van der Waals surface area (Å²) in [5, 5.41) is 2.04. The SMILES string of the molecule is O=Cc1cc(N2CCN(c3ncccn3)CC2)cs1. The third kappa shape index (κ3) is 2.58. The van der Waals surface area contributed by atoms with Gasteiger partial charge in [0.2, 0.25) is 5.95 Å². The van der Waals surface area contributed by atoms with Crippen molar-refractivity contribution in [2.45, 2.75) is 0 Å². The molecule has 0 radical (unpaired) electrons. The van der Waals surface area contributed by atoms with Crippen LogP contribution in [0.25, 0.3) is 0 Å². The molecule has 0 unspecified atom stereocenters. The summed E-state index contributed by atoms with van der Waals surface area (Å²) in [6, 6.07) is 3.78. The maximum Gasteiger partial charge on any atom is 0.225 e. The number of rotatable bonds is 3. The van der Waals surface area contributed by atoms with E-state index in [1.165, 1.54) is 11.3 Å². The van der Waals surface area contributed by atoms with Gasteiger partial charge in [-0.2, -0.15) is 0 Å². The molecule has 3 heterocycles. The van der Waals surface area contributed by atoms with Crippen LogP contribution in [0.4, 0.5) is 11.6 Å². The van der Waals surface area contributed by atoms with E-state index in [2.05, 4.69) is 19.8 Å². The Morgan fingerprint density at radius 2 is 1.79 bits per heavy atom. The molecule has 19 heavy (non-hydrogen) atoms. The van der Waals surface area contributed by atoms with Crippen molar-refractivity contribution in [1.82, 2.24) is 9.97 Å². The fraction of sp³-hybridized carbons (Fsp3) is 0.308. The normalized spacial score (nSPS) is 15.6. The van der Waals surface area contributed by atoms with Crippen LogP contribution >= 0.6 is 11.3 Å². The molecule has 0 aliphatic carbocycles. The highest BCUT2D eigenvalue weighted by atomic mass is 32.1. The first kappa shape index (κ1) is 12.1. The molecule has 0 N–H and O–H groups in total. The van der Waals surface area contributed by atoms with E-state index in [0.29, 0.717) is 0 Å². The lowest BCUT2D eigenvalue weighted by Gasteiger charge is -2.35. The molecule has 0 bridgehead atoms. The molecule has 2 aromatic heterocycles. The second kappa shape index (κ2) is 5.36. The number of thiophene rings is 1. The molecule has 0 atom stereocenters. The van der Waals surface area contributed by atoms with Crippen LogP contribution in [0.2, 0.25) is 0 Å². The van der Waals surface area contributed by atoms with Gasteiger partial charge < -0.3 is 9.80 Å². The number of anilines is 2. The van der Waals surface area contributed by atoms with Gasteiger partial charge in [0.15, 0.2) is 6.29 Å². The van der Waals surface area contributed by atoms with Gasteiger partial charge in [0.05, 0.1) is 4.88 Å². The van der Waals surface area contributed by atoms with Crippen LogP contribution in [0.1, 0.15) is 9.67 Å². The van der Waals surface area contributed by atoms with Gasteiger partial charge in [-0.15, -0.1) is 11.3 Å². The maximum absolute atomic E-state index is 10.7. The second-order valence-electron chi connectivity index (χ2n) is 4.35. The number of piperazine rings is 1. The molecule has 2 aromatic rings. The van der Waals surface area contributed by atoms with Crippen LogP contribution in [0.5, 0.6) is 0 Å². The van der Waals surface area contributed by atoms with Crippen molar-refractivity contribution in [3.05, 3.63) is 34.8 Å². The molecule has 3 rings (SSSR count). The van der Waals surface area contributed by atoms with Gasteiger partial charge in [0.1, 0.15) is 0 Å². The summed E-state index contributed by atoms with van der Waals surface area (Å²) in [6.07, 6.45) is 4.44. The fourth-order valence-electron chi connectivity index (χ4n) is 2.19. The molecule has 1 saturated heterocycles. The lowest BCUT2D eigenvalue weighted by Crippen LogP contribution is -2.47. The van der Waals surface area contributed by atoms with E-state index in [0.717, 1.165) is 49.0 Å². The molecule has 5 nitrogen and oxygen atoms in total. The standard InChI is InChI=1S/C13H14N4OS/c18-9-12-8-11(10-19-12)16-4-6-17(7-5-16)13-14-2-1-3-15-13/h1-3,8-10H,4-7H2. The molecule has 1 fully saturated rings. The maximum atomic E-state index is 10.7. The molecule has 0 saturated carbocycles. The zero-order chi connectivity index (χ0) is 13.1. The molecule has 0 amide bonds. The molecule has 98 valence electrons. The highest BCUT2D eigenvalue weighted by molar-refractivity contribution is 7.12. The van der Waals surface area contributed by atoms with E-state index < -0.39 is 0 Å². The largest absolute Gasteiger partial charge is 0.367 e. The van der Waals surface area contributed by atoms with Crippen molar-refractivity contribution < 1.29 is 4.79 Å². The van der Waals surface area contributed by atoms with Gasteiger partial charge >= 0.3 is 0 Å². The Kier molecular flexibility index (Phi) is 3.41. The van der Waals surface area contributed by atoms with E-state index in [1.54, 1.807) is 12.4 Å². The summed E-state index contributed by atoms with van der Waals surface area (Å²) in [6.45, 7) is 3.65. The number of hydrogen-bond donors (Lipinski definition) is 0. The Morgan fingerprint density at radius 3 is 2.42 bits per heavy atom. The number of hydrogen-bond acceptors (Lipinski definition) is 6. The molecule has 1 aliphatic rings. The van der Waals surface area contributed by atoms with Gasteiger partial charge in [0, 0.05) is 49.6 Å². The molecular formula is C13H14N4OS. The minimum absolute atomic E-state index is 0.781. The Morgan fingerprint density at radius 1 is 1.11 bits per heavy atom. The van der Waals surface area contributed by atoms with Crippen molar-refractivity contribution in [2.24, 2.45) is 0 Å². The zero-order valence-electron chi connectivity index (χ0n) is 10.4. The third-order valence-corrected chi connectivity index (χ3v) is 4.05. The van der Waals surface area contributed by atoms with Gasteiger partial charge in [-0.3, -0.25) is 4.79 Å². The first-order valence-electron chi connectivity index (χ1n) is 6.17. The number of carbonyl (C=O) groups excluding carboxylic acids is 1. The molecule has 1 aliphatic heterocycles. The first-order valence-corrected chi connectivity index (χ1v) is 7.05. The minimum atomic E-state index is 0.781. The first-order chi connectivity index (χ1) is 9.36. The Bertz CT molecular complexity index is 549. The van der Waals surface area contributed by atoms with Crippen molar-refractivity contribution in [3.63, 3.8) is 0 Å². The predicted molar refractivity (Wildman–Crippen MR) is 76.2 cm³/mol. The highest BCUT2D eigenvalue weighted by Crippen LogP contribution is 2.23. The third-order valence-electron chi connectivity index (χ3n) is 3.20. The lowest BCUT2D eigenvalue weighted by molar-refractivity contribution is 0.112. The highest BCUT2D eigenvalue weighted by Gasteiger charge is 2.19. The number of aldehydes is 1. The number of carbonyl (C=O) groups is 1. The summed E-state index contributed by atoms with van der Waals surface area (Å²) >= 11 is 1.49. The summed E-state index contributed by atoms with van der Waals surface area (Å²) in [4.78, 5) is 24.5. The van der Waals surface area contributed by atoms with Crippen LogP contribution in [0.3, 0.4) is 0 Å². The van der Waals surface area contributed by atoms with Crippen molar-refractivity contribution in [3.8, 4) is 0 Å². The minimum Gasteiger partial charge on any atom is -0.367 e. The second-order valence-corrected chi connectivity index (χ2v) is 5.29. The van der Waals surface area contributed by atoms with Gasteiger partial charge in [-0.25, -0.2) is 9.97 Å². The van der Waals surface area contributed by atoms with E-state index in [9.17, 15) is 4.79 Å². The molecular weight excluding hydrogens is 260 g/mol. The topological polar surface area (TPSA) is 49.3 Å². The van der Waals surface area contributed by atoms with Crippen LogP contribution in [-0.4, -0.2) is 42.4 Å². The number of nitrogens with zero attached hydrogens (tertiary/aromatic N) is 4. The fourth-order valence-corrected chi connectivity index (χ4v) is 2.91. The summed E-state index contributed by atoms with van der Waals surface area (Å²) < 4.78 is 0. The summed E-state index contributed by atoms with van der Waals surface area (Å²) in [7, 11) is 0. The Hall–Kier alpha value is -1.95. The molecule has 0 spiro atoms. The van der Waals surface area contributed by atoms with Crippen LogP contribution < -0.4 is 9.80 Å². The van der Waals surface area contributed by atoms with Crippen LogP contribution in [-0.2, 0) is 0 Å². The Balaban J connectivity index is 1.65. The Labute approximate surface area is 115 Å². The summed E-state index contributed by atoms with van der Waals surface area (Å²) in [5.41, 5.74) is 1.14. The molecule has 6 heteroatoms. The van der Waals surface area contributed by atoms with E-state index in [1.807, 2.05) is 17.5 Å².